The van der Waals surface area contributed by atoms with Gasteiger partial charge in [-0.2, -0.15) is 0 Å². The van der Waals surface area contributed by atoms with Crippen molar-refractivity contribution in [2.75, 3.05) is 6.61 Å². The van der Waals surface area contributed by atoms with E-state index in [4.69, 9.17) is 4.74 Å². The fourth-order valence-corrected chi connectivity index (χ4v) is 7.20. The number of esters is 1. The number of likely N-dealkylation sites (tertiary alicyclic amines) is 1. The first-order valence-corrected chi connectivity index (χ1v) is 14.0. The minimum atomic E-state index is -1.11. The van der Waals surface area contributed by atoms with Crippen molar-refractivity contribution in [3.8, 4) is 11.1 Å². The number of carbonyl (C=O) groups is 4. The summed E-state index contributed by atoms with van der Waals surface area (Å²) in [5, 5.41) is 0. The molecule has 1 saturated heterocycles. The Morgan fingerprint density at radius 3 is 1.90 bits per heavy atom. The number of hydrogen-bond donors (Lipinski definition) is 0. The van der Waals surface area contributed by atoms with E-state index in [-0.39, 0.29) is 35.9 Å². The molecule has 3 fully saturated rings. The first kappa shape index (κ1) is 24.7. The molecule has 0 radical (unpaired) electrons. The van der Waals surface area contributed by atoms with E-state index < -0.39 is 30.5 Å². The number of allylic oxidation sites excluding steroid dienone is 2. The third-order valence-corrected chi connectivity index (χ3v) is 9.21. The molecule has 6 heteroatoms. The lowest BCUT2D eigenvalue weighted by molar-refractivity contribution is -0.158. The van der Waals surface area contributed by atoms with E-state index in [0.29, 0.717) is 17.4 Å². The SMILES string of the molecule is O=C(COC(=O)[C@H](Cc1ccccc1)N1C(=O)[C@@H]2[C@H]3C=C[C@@H]([C@@H]4C[C@H]34)[C@@H]2C1=O)c1ccc(-c2ccccc2)cc1. The molecule has 40 heavy (non-hydrogen) atoms. The van der Waals surface area contributed by atoms with Gasteiger partial charge >= 0.3 is 5.97 Å². The Kier molecular flexibility index (Phi) is 5.99. The molecule has 6 nitrogen and oxygen atoms in total. The Morgan fingerprint density at radius 2 is 1.30 bits per heavy atom. The van der Waals surface area contributed by atoms with Gasteiger partial charge in [-0.25, -0.2) is 4.79 Å². The Hall–Kier alpha value is -4.32. The van der Waals surface area contributed by atoms with Gasteiger partial charge in [-0.05, 0) is 46.8 Å². The van der Waals surface area contributed by atoms with E-state index in [2.05, 4.69) is 12.2 Å². The molecular formula is C34H29NO5. The number of benzene rings is 3. The maximum Gasteiger partial charge on any atom is 0.330 e. The van der Waals surface area contributed by atoms with Crippen molar-refractivity contribution in [3.05, 3.63) is 108 Å². The van der Waals surface area contributed by atoms with Crippen LogP contribution in [0.25, 0.3) is 11.1 Å². The highest BCUT2D eigenvalue weighted by Crippen LogP contribution is 2.65. The minimum absolute atomic E-state index is 0.0651. The highest BCUT2D eigenvalue weighted by molar-refractivity contribution is 6.09. The third kappa shape index (κ3) is 4.10. The van der Waals surface area contributed by atoms with Crippen LogP contribution in [0, 0.1) is 35.5 Å². The van der Waals surface area contributed by atoms with Crippen LogP contribution in [0.4, 0.5) is 0 Å². The topological polar surface area (TPSA) is 80.8 Å². The van der Waals surface area contributed by atoms with Crippen molar-refractivity contribution in [3.63, 3.8) is 0 Å². The van der Waals surface area contributed by atoms with Crippen LogP contribution in [0.15, 0.2) is 97.1 Å². The second kappa shape index (κ2) is 9.70. The van der Waals surface area contributed by atoms with E-state index >= 15 is 0 Å². The molecular weight excluding hydrogens is 502 g/mol. The second-order valence-electron chi connectivity index (χ2n) is 11.4. The van der Waals surface area contributed by atoms with Crippen LogP contribution in [-0.4, -0.2) is 41.1 Å². The Labute approximate surface area is 232 Å². The molecule has 2 saturated carbocycles. The Bertz CT molecular complexity index is 1480. The molecule has 3 aromatic rings. The smallest absolute Gasteiger partial charge is 0.330 e. The molecule has 0 unspecified atom stereocenters. The molecule has 0 spiro atoms. The van der Waals surface area contributed by atoms with Gasteiger partial charge in [0.15, 0.2) is 12.4 Å². The molecule has 200 valence electrons. The minimum Gasteiger partial charge on any atom is -0.456 e. The quantitative estimate of drug-likeness (QED) is 0.182. The maximum absolute atomic E-state index is 13.7. The van der Waals surface area contributed by atoms with Crippen LogP contribution in [0.1, 0.15) is 22.3 Å². The number of hydrogen-bond acceptors (Lipinski definition) is 5. The van der Waals surface area contributed by atoms with Gasteiger partial charge in [-0.15, -0.1) is 0 Å². The summed E-state index contributed by atoms with van der Waals surface area (Å²) in [4.78, 5) is 55.1. The lowest BCUT2D eigenvalue weighted by Crippen LogP contribution is -2.48. The molecule has 0 N–H and O–H groups in total. The monoisotopic (exact) mass is 531 g/mol. The van der Waals surface area contributed by atoms with Crippen molar-refractivity contribution in [2.45, 2.75) is 18.9 Å². The summed E-state index contributed by atoms with van der Waals surface area (Å²) >= 11 is 0. The van der Waals surface area contributed by atoms with Gasteiger partial charge in [0.25, 0.3) is 0 Å². The normalized spacial score (nSPS) is 28.1. The number of carbonyl (C=O) groups excluding carboxylic acids is 4. The van der Waals surface area contributed by atoms with E-state index in [1.165, 1.54) is 4.90 Å². The van der Waals surface area contributed by atoms with E-state index in [0.717, 1.165) is 23.1 Å². The molecule has 7 atom stereocenters. The number of nitrogens with zero attached hydrogens (tertiary/aromatic N) is 1. The average molecular weight is 532 g/mol. The van der Waals surface area contributed by atoms with Crippen LogP contribution in [0.3, 0.4) is 0 Å². The zero-order valence-corrected chi connectivity index (χ0v) is 21.9. The van der Waals surface area contributed by atoms with Gasteiger partial charge in [-0.3, -0.25) is 19.3 Å². The highest BCUT2D eigenvalue weighted by Gasteiger charge is 2.68. The summed E-state index contributed by atoms with van der Waals surface area (Å²) in [6, 6.07) is 25.2. The molecule has 3 aromatic carbocycles. The third-order valence-electron chi connectivity index (χ3n) is 9.21. The molecule has 2 amide bonds. The Balaban J connectivity index is 1.09. The largest absolute Gasteiger partial charge is 0.456 e. The second-order valence-corrected chi connectivity index (χ2v) is 11.4. The number of amides is 2. The lowest BCUT2D eigenvalue weighted by atomic mass is 9.63. The van der Waals surface area contributed by atoms with Crippen LogP contribution in [-0.2, 0) is 25.5 Å². The van der Waals surface area contributed by atoms with Crippen molar-refractivity contribution in [1.82, 2.24) is 4.90 Å². The molecule has 0 aromatic heterocycles. The van der Waals surface area contributed by atoms with Crippen LogP contribution >= 0.6 is 0 Å². The number of Topliss-reactive ketones (excluding diaryl/α,β-unsaturated/α-hetero) is 1. The summed E-state index contributed by atoms with van der Waals surface area (Å²) in [5.74, 6) is -1.36. The van der Waals surface area contributed by atoms with Gasteiger partial charge < -0.3 is 4.74 Å². The number of ketones is 1. The van der Waals surface area contributed by atoms with Gasteiger partial charge in [-0.1, -0.05) is 97.1 Å². The van der Waals surface area contributed by atoms with Crippen molar-refractivity contribution in [2.24, 2.45) is 35.5 Å². The summed E-state index contributed by atoms with van der Waals surface area (Å²) in [6.45, 7) is -0.463. The summed E-state index contributed by atoms with van der Waals surface area (Å²) in [6.07, 6.45) is 5.44. The van der Waals surface area contributed by atoms with Crippen LogP contribution in [0.2, 0.25) is 0 Å². The molecule has 1 aliphatic heterocycles. The molecule has 8 rings (SSSR count). The van der Waals surface area contributed by atoms with E-state index in [9.17, 15) is 19.2 Å². The number of imide groups is 1. The predicted molar refractivity (Wildman–Crippen MR) is 148 cm³/mol. The molecule has 4 aliphatic carbocycles. The standard InChI is InChI=1S/C34H29NO5/c36-29(23-13-11-22(12-14-23)21-9-5-2-6-10-21)19-40-34(39)28(17-20-7-3-1-4-8-20)35-32(37)30-24-15-16-25(27-18-26(24)27)31(30)33(35)38/h1-16,24-28,30-31H,17-19H2/t24-,25-,26-,27+,28-,30-,31+/m0/s1. The molecule has 5 aliphatic rings. The average Bonchev–Trinajstić information content (AvgIpc) is 3.78. The van der Waals surface area contributed by atoms with Gasteiger partial charge in [0.1, 0.15) is 6.04 Å². The number of ether oxygens (including phenoxy) is 1. The summed E-state index contributed by atoms with van der Waals surface area (Å²) < 4.78 is 5.52. The lowest BCUT2D eigenvalue weighted by Gasteiger charge is -2.37. The van der Waals surface area contributed by atoms with Gasteiger partial charge in [0.2, 0.25) is 11.8 Å². The highest BCUT2D eigenvalue weighted by atomic mass is 16.5. The maximum atomic E-state index is 13.7. The van der Waals surface area contributed by atoms with Crippen molar-refractivity contribution >= 4 is 23.6 Å². The first-order chi connectivity index (χ1) is 19.5. The molecule has 1 heterocycles. The fraction of sp³-hybridized carbons (Fsp3) is 0.294. The van der Waals surface area contributed by atoms with Crippen molar-refractivity contribution in [1.29, 1.82) is 0 Å². The van der Waals surface area contributed by atoms with E-state index in [1.807, 2.05) is 72.8 Å². The zero-order chi connectivity index (χ0) is 27.4. The van der Waals surface area contributed by atoms with Crippen molar-refractivity contribution < 1.29 is 23.9 Å². The summed E-state index contributed by atoms with van der Waals surface area (Å²) in [5.41, 5.74) is 3.25. The first-order valence-electron chi connectivity index (χ1n) is 14.0. The Morgan fingerprint density at radius 1 is 0.750 bits per heavy atom. The fourth-order valence-electron chi connectivity index (χ4n) is 7.20. The van der Waals surface area contributed by atoms with Gasteiger partial charge in [0.05, 0.1) is 11.8 Å². The summed E-state index contributed by atoms with van der Waals surface area (Å²) in [7, 11) is 0. The zero-order valence-electron chi connectivity index (χ0n) is 21.9. The van der Waals surface area contributed by atoms with Gasteiger partial charge in [0, 0.05) is 12.0 Å². The predicted octanol–water partition coefficient (Wildman–Crippen LogP) is 4.74. The van der Waals surface area contributed by atoms with Crippen LogP contribution in [0.5, 0.6) is 0 Å². The molecule has 2 bridgehead atoms. The van der Waals surface area contributed by atoms with Crippen LogP contribution < -0.4 is 0 Å². The number of rotatable bonds is 8. The van der Waals surface area contributed by atoms with E-state index in [1.54, 1.807) is 12.1 Å².